The van der Waals surface area contributed by atoms with E-state index in [0.717, 1.165) is 12.8 Å². The van der Waals surface area contributed by atoms with E-state index < -0.39 is 0 Å². The first-order valence-electron chi connectivity index (χ1n) is 9.82. The lowest BCUT2D eigenvalue weighted by Crippen LogP contribution is -2.50. The average Bonchev–Trinajstić information content (AvgIpc) is 3.26. The van der Waals surface area contributed by atoms with Crippen molar-refractivity contribution >= 4 is 11.6 Å². The van der Waals surface area contributed by atoms with Crippen molar-refractivity contribution in [2.75, 3.05) is 0 Å². The minimum Gasteiger partial charge on any atom is -0.300 e. The molecule has 0 N–H and O–H groups in total. The fourth-order valence-corrected chi connectivity index (χ4v) is 7.56. The summed E-state index contributed by atoms with van der Waals surface area (Å²) in [7, 11) is 0. The van der Waals surface area contributed by atoms with E-state index in [9.17, 15) is 9.59 Å². The van der Waals surface area contributed by atoms with Gasteiger partial charge in [0, 0.05) is 11.8 Å². The molecule has 5 rings (SSSR count). The second kappa shape index (κ2) is 4.51. The largest absolute Gasteiger partial charge is 0.300 e. The fourth-order valence-electron chi connectivity index (χ4n) is 7.56. The lowest BCUT2D eigenvalue weighted by Gasteiger charge is -2.56. The highest BCUT2D eigenvalue weighted by atomic mass is 16.1. The summed E-state index contributed by atoms with van der Waals surface area (Å²) in [5.41, 5.74) is 1.70. The lowest BCUT2D eigenvalue weighted by molar-refractivity contribution is -0.127. The molecule has 0 heterocycles. The summed E-state index contributed by atoms with van der Waals surface area (Å²) in [6.45, 7) is 6.63. The second-order valence-corrected chi connectivity index (χ2v) is 9.67. The van der Waals surface area contributed by atoms with Gasteiger partial charge in [-0.1, -0.05) is 26.0 Å². The number of hydrogen-bond acceptors (Lipinski definition) is 2. The zero-order valence-corrected chi connectivity index (χ0v) is 15.0. The SMILES string of the molecule is CC(=O)[C@H]1CC[C@H]2[C@@H]3C=CC4=CC(=O)C5CC5[C@@]4(C)[C@@H]3CC[C@]12C. The third-order valence-corrected chi connectivity index (χ3v) is 8.94. The van der Waals surface area contributed by atoms with Crippen molar-refractivity contribution in [3.05, 3.63) is 23.8 Å². The quantitative estimate of drug-likeness (QED) is 0.718. The molecule has 0 radical (unpaired) electrons. The van der Waals surface area contributed by atoms with Crippen molar-refractivity contribution in [2.45, 2.75) is 52.9 Å². The summed E-state index contributed by atoms with van der Waals surface area (Å²) >= 11 is 0. The number of carbonyl (C=O) groups is 2. The molecule has 0 aromatic rings. The van der Waals surface area contributed by atoms with Gasteiger partial charge in [0.2, 0.25) is 0 Å². The monoisotopic (exact) mass is 324 g/mol. The number of fused-ring (bicyclic) bond motifs is 7. The molecule has 0 amide bonds. The molecule has 5 aliphatic rings. The van der Waals surface area contributed by atoms with Crippen LogP contribution in [0.5, 0.6) is 0 Å². The Morgan fingerprint density at radius 2 is 1.92 bits per heavy atom. The maximum absolute atomic E-state index is 12.2. The Morgan fingerprint density at radius 1 is 1.12 bits per heavy atom. The van der Waals surface area contributed by atoms with E-state index in [1.807, 2.05) is 6.08 Å². The van der Waals surface area contributed by atoms with Gasteiger partial charge in [0.25, 0.3) is 0 Å². The molecule has 0 aromatic carbocycles. The molecule has 24 heavy (non-hydrogen) atoms. The summed E-state index contributed by atoms with van der Waals surface area (Å²) in [4.78, 5) is 24.4. The Kier molecular flexibility index (Phi) is 2.84. The molecule has 0 bridgehead atoms. The van der Waals surface area contributed by atoms with Crippen molar-refractivity contribution in [1.29, 1.82) is 0 Å². The molecule has 0 aromatic heterocycles. The van der Waals surface area contributed by atoms with E-state index >= 15 is 0 Å². The van der Waals surface area contributed by atoms with Crippen LogP contribution in [0.25, 0.3) is 0 Å². The van der Waals surface area contributed by atoms with Crippen molar-refractivity contribution in [3.63, 3.8) is 0 Å². The summed E-state index contributed by atoms with van der Waals surface area (Å²) in [6, 6.07) is 0. The zero-order chi connectivity index (χ0) is 16.9. The molecule has 0 spiro atoms. The van der Waals surface area contributed by atoms with Crippen LogP contribution in [0.15, 0.2) is 23.8 Å². The van der Waals surface area contributed by atoms with Crippen molar-refractivity contribution in [2.24, 2.45) is 46.3 Å². The Labute approximate surface area is 144 Å². The van der Waals surface area contributed by atoms with Gasteiger partial charge in [0.05, 0.1) is 0 Å². The van der Waals surface area contributed by atoms with Crippen molar-refractivity contribution in [1.82, 2.24) is 0 Å². The highest BCUT2D eigenvalue weighted by molar-refractivity contribution is 5.97. The second-order valence-electron chi connectivity index (χ2n) is 9.67. The molecule has 128 valence electrons. The highest BCUT2D eigenvalue weighted by Crippen LogP contribution is 2.70. The first kappa shape index (κ1) is 15.1. The lowest BCUT2D eigenvalue weighted by atomic mass is 9.48. The van der Waals surface area contributed by atoms with Crippen LogP contribution in [0.3, 0.4) is 0 Å². The van der Waals surface area contributed by atoms with Gasteiger partial charge >= 0.3 is 0 Å². The molecule has 8 atom stereocenters. The van der Waals surface area contributed by atoms with Gasteiger partial charge in [0.1, 0.15) is 5.78 Å². The molecule has 5 aliphatic carbocycles. The number of rotatable bonds is 1. The van der Waals surface area contributed by atoms with Crippen LogP contribution in [0.4, 0.5) is 0 Å². The van der Waals surface area contributed by atoms with Crippen molar-refractivity contribution < 1.29 is 9.59 Å². The normalized spacial score (nSPS) is 54.3. The molecule has 3 saturated carbocycles. The average molecular weight is 324 g/mol. The fraction of sp³-hybridized carbons (Fsp3) is 0.727. The third-order valence-electron chi connectivity index (χ3n) is 8.94. The van der Waals surface area contributed by atoms with Crippen LogP contribution in [0, 0.1) is 46.3 Å². The Balaban J connectivity index is 1.56. The van der Waals surface area contributed by atoms with E-state index in [0.29, 0.717) is 41.2 Å². The minimum atomic E-state index is 0.197. The summed E-state index contributed by atoms with van der Waals surface area (Å²) in [5.74, 6) is 3.84. The predicted molar refractivity (Wildman–Crippen MR) is 93.2 cm³/mol. The summed E-state index contributed by atoms with van der Waals surface area (Å²) in [5, 5.41) is 0. The summed E-state index contributed by atoms with van der Waals surface area (Å²) < 4.78 is 0. The standard InChI is InChI=1S/C22H28O2/c1-12(23)16-6-7-17-14-5-4-13-10-20(24)15-11-19(15)22(13,3)18(14)8-9-21(16,17)2/h4-5,10,14-19H,6-9,11H2,1-3H3/t14-,15?,16+,17-,18+,19?,21+,22+/m0/s1. The van der Waals surface area contributed by atoms with Gasteiger partial charge in [-0.05, 0) is 85.2 Å². The van der Waals surface area contributed by atoms with E-state index in [1.54, 1.807) is 6.92 Å². The van der Waals surface area contributed by atoms with Gasteiger partial charge < -0.3 is 0 Å². The van der Waals surface area contributed by atoms with Crippen LogP contribution >= 0.6 is 0 Å². The zero-order valence-electron chi connectivity index (χ0n) is 15.0. The van der Waals surface area contributed by atoms with Crippen LogP contribution in [-0.4, -0.2) is 11.6 Å². The first-order chi connectivity index (χ1) is 11.4. The van der Waals surface area contributed by atoms with E-state index in [1.165, 1.54) is 24.8 Å². The predicted octanol–water partition coefficient (Wildman–Crippen LogP) is 4.36. The number of carbonyl (C=O) groups excluding carboxylic acids is 2. The van der Waals surface area contributed by atoms with Crippen LogP contribution in [0.2, 0.25) is 0 Å². The Morgan fingerprint density at radius 3 is 2.67 bits per heavy atom. The van der Waals surface area contributed by atoms with E-state index in [2.05, 4.69) is 26.0 Å². The molecule has 3 fully saturated rings. The molecule has 2 unspecified atom stereocenters. The van der Waals surface area contributed by atoms with E-state index in [4.69, 9.17) is 0 Å². The maximum Gasteiger partial charge on any atom is 0.159 e. The van der Waals surface area contributed by atoms with Crippen LogP contribution in [0.1, 0.15) is 52.9 Å². The van der Waals surface area contributed by atoms with Gasteiger partial charge in [-0.25, -0.2) is 0 Å². The van der Waals surface area contributed by atoms with Crippen LogP contribution in [-0.2, 0) is 9.59 Å². The molecular formula is C22H28O2. The number of hydrogen-bond donors (Lipinski definition) is 0. The van der Waals surface area contributed by atoms with Crippen LogP contribution < -0.4 is 0 Å². The smallest absolute Gasteiger partial charge is 0.159 e. The third kappa shape index (κ3) is 1.63. The highest BCUT2D eigenvalue weighted by Gasteiger charge is 2.65. The maximum atomic E-state index is 12.2. The Bertz CT molecular complexity index is 701. The summed E-state index contributed by atoms with van der Waals surface area (Å²) in [6.07, 6.45) is 12.4. The van der Waals surface area contributed by atoms with Crippen molar-refractivity contribution in [3.8, 4) is 0 Å². The van der Waals surface area contributed by atoms with Gasteiger partial charge in [0.15, 0.2) is 5.78 Å². The number of Topliss-reactive ketones (excluding diaryl/α,β-unsaturated/α-hetero) is 1. The topological polar surface area (TPSA) is 34.1 Å². The number of ketones is 2. The van der Waals surface area contributed by atoms with Gasteiger partial charge in [-0.2, -0.15) is 0 Å². The minimum absolute atomic E-state index is 0.197. The van der Waals surface area contributed by atoms with Gasteiger partial charge in [-0.3, -0.25) is 9.59 Å². The molecule has 0 saturated heterocycles. The molecule has 2 nitrogen and oxygen atoms in total. The number of allylic oxidation sites excluding steroid dienone is 4. The molecule has 0 aliphatic heterocycles. The Hall–Kier alpha value is -1.18. The van der Waals surface area contributed by atoms with E-state index in [-0.39, 0.29) is 16.7 Å². The molecular weight excluding hydrogens is 296 g/mol. The first-order valence-corrected chi connectivity index (χ1v) is 9.82. The molecule has 2 heteroatoms. The van der Waals surface area contributed by atoms with Gasteiger partial charge in [-0.15, -0.1) is 0 Å².